The number of thiocarbonyl (C=S) groups is 1. The number of aliphatic carboxylic acids is 1. The lowest BCUT2D eigenvalue weighted by molar-refractivity contribution is -0.137. The molecule has 0 aromatic carbocycles. The van der Waals surface area contributed by atoms with E-state index in [0.717, 1.165) is 18.6 Å². The Morgan fingerprint density at radius 2 is 2.22 bits per heavy atom. The standard InChI is InChI=1S/C16H17NO4S2/c18-14(19)9-2-1-3-10-17-15(20)13(23-16(17)22)8-4-6-12-7-5-11-21-12/h4-8,11H,1-3,9-10H2,(H,18,19). The summed E-state index contributed by atoms with van der Waals surface area (Å²) < 4.78 is 5.72. The van der Waals surface area contributed by atoms with Gasteiger partial charge in [-0.25, -0.2) is 0 Å². The number of hydrogen-bond donors (Lipinski definition) is 1. The molecular formula is C16H17NO4S2. The minimum atomic E-state index is -0.790. The predicted octanol–water partition coefficient (Wildman–Crippen LogP) is 3.68. The molecule has 1 amide bonds. The summed E-state index contributed by atoms with van der Waals surface area (Å²) in [6.45, 7) is 0.531. The molecule has 2 heterocycles. The van der Waals surface area contributed by atoms with Crippen LogP contribution in [0.5, 0.6) is 0 Å². The minimum absolute atomic E-state index is 0.0951. The molecule has 0 bridgehead atoms. The maximum Gasteiger partial charge on any atom is 0.303 e. The van der Waals surface area contributed by atoms with Crippen LogP contribution < -0.4 is 0 Å². The van der Waals surface area contributed by atoms with Crippen LogP contribution in [0, 0.1) is 0 Å². The first-order valence-corrected chi connectivity index (χ1v) is 8.48. The molecule has 5 nitrogen and oxygen atoms in total. The van der Waals surface area contributed by atoms with Gasteiger partial charge in [0.25, 0.3) is 5.91 Å². The third kappa shape index (κ3) is 5.37. The molecule has 1 aromatic heterocycles. The normalized spacial score (nSPS) is 16.9. The van der Waals surface area contributed by atoms with Crippen LogP contribution in [-0.4, -0.2) is 32.7 Å². The average Bonchev–Trinajstić information content (AvgIpc) is 3.10. The zero-order valence-electron chi connectivity index (χ0n) is 12.4. The second-order valence-electron chi connectivity index (χ2n) is 4.93. The van der Waals surface area contributed by atoms with Crippen LogP contribution in [0.3, 0.4) is 0 Å². The zero-order chi connectivity index (χ0) is 16.7. The lowest BCUT2D eigenvalue weighted by atomic mass is 10.2. The number of carbonyl (C=O) groups excluding carboxylic acids is 1. The van der Waals surface area contributed by atoms with Crippen LogP contribution in [0.1, 0.15) is 31.4 Å². The third-order valence-electron chi connectivity index (χ3n) is 3.20. The van der Waals surface area contributed by atoms with E-state index in [1.165, 1.54) is 11.8 Å². The Bertz CT molecular complexity index is 635. The number of carbonyl (C=O) groups is 2. The molecule has 122 valence electrons. The van der Waals surface area contributed by atoms with Gasteiger partial charge in [-0.05, 0) is 37.1 Å². The fourth-order valence-electron chi connectivity index (χ4n) is 2.05. The van der Waals surface area contributed by atoms with E-state index in [1.54, 1.807) is 35.5 Å². The molecule has 1 fully saturated rings. The van der Waals surface area contributed by atoms with Crippen LogP contribution in [0.4, 0.5) is 0 Å². The molecule has 0 saturated carbocycles. The number of carboxylic acids is 1. The Hall–Kier alpha value is -1.86. The Labute approximate surface area is 144 Å². The van der Waals surface area contributed by atoms with Crippen LogP contribution in [0.25, 0.3) is 6.08 Å². The first-order chi connectivity index (χ1) is 11.1. The topological polar surface area (TPSA) is 70.8 Å². The van der Waals surface area contributed by atoms with E-state index in [2.05, 4.69) is 0 Å². The summed E-state index contributed by atoms with van der Waals surface area (Å²) >= 11 is 6.52. The Balaban J connectivity index is 1.83. The van der Waals surface area contributed by atoms with Crippen molar-refractivity contribution in [3.05, 3.63) is 41.2 Å². The summed E-state index contributed by atoms with van der Waals surface area (Å²) in [5, 5.41) is 8.58. The van der Waals surface area contributed by atoms with Crippen LogP contribution in [0.15, 0.2) is 39.9 Å². The van der Waals surface area contributed by atoms with Crippen LogP contribution in [-0.2, 0) is 9.59 Å². The van der Waals surface area contributed by atoms with Crippen molar-refractivity contribution in [2.75, 3.05) is 6.54 Å². The summed E-state index contributed by atoms with van der Waals surface area (Å²) in [5.74, 6) is -0.167. The largest absolute Gasteiger partial charge is 0.481 e. The van der Waals surface area contributed by atoms with Gasteiger partial charge in [0.05, 0.1) is 11.2 Å². The third-order valence-corrected chi connectivity index (χ3v) is 4.59. The van der Waals surface area contributed by atoms with Gasteiger partial charge in [-0.1, -0.05) is 36.5 Å². The predicted molar refractivity (Wildman–Crippen MR) is 93.8 cm³/mol. The van der Waals surface area contributed by atoms with Crippen molar-refractivity contribution < 1.29 is 19.1 Å². The Kier molecular flexibility index (Phi) is 6.61. The number of hydrogen-bond acceptors (Lipinski definition) is 5. The number of allylic oxidation sites excluding steroid dienone is 2. The maximum absolute atomic E-state index is 12.3. The van der Waals surface area contributed by atoms with E-state index in [1.807, 2.05) is 6.07 Å². The first-order valence-electron chi connectivity index (χ1n) is 7.25. The number of carboxylic acid groups (broad SMARTS) is 1. The molecule has 1 saturated heterocycles. The van der Waals surface area contributed by atoms with Gasteiger partial charge in [0.1, 0.15) is 10.1 Å². The summed E-state index contributed by atoms with van der Waals surface area (Å²) in [6, 6.07) is 3.62. The monoisotopic (exact) mass is 351 g/mol. The lowest BCUT2D eigenvalue weighted by Crippen LogP contribution is -2.29. The molecule has 1 aromatic rings. The highest BCUT2D eigenvalue weighted by Gasteiger charge is 2.30. The Morgan fingerprint density at radius 1 is 1.39 bits per heavy atom. The number of nitrogens with zero attached hydrogens (tertiary/aromatic N) is 1. The van der Waals surface area contributed by atoms with Crippen molar-refractivity contribution in [3.63, 3.8) is 0 Å². The van der Waals surface area contributed by atoms with Gasteiger partial charge in [0, 0.05) is 13.0 Å². The van der Waals surface area contributed by atoms with Gasteiger partial charge >= 0.3 is 5.97 Å². The maximum atomic E-state index is 12.3. The lowest BCUT2D eigenvalue weighted by Gasteiger charge is -2.13. The smallest absolute Gasteiger partial charge is 0.303 e. The summed E-state index contributed by atoms with van der Waals surface area (Å²) in [4.78, 5) is 24.9. The minimum Gasteiger partial charge on any atom is -0.481 e. The molecule has 0 radical (unpaired) electrons. The van der Waals surface area contributed by atoms with E-state index in [0.29, 0.717) is 22.2 Å². The SMILES string of the molecule is O=C(O)CCCCCN1C(=O)C(=CC=Cc2ccco2)SC1=S. The first kappa shape index (κ1) is 17.5. The van der Waals surface area contributed by atoms with Gasteiger partial charge in [0.15, 0.2) is 0 Å². The van der Waals surface area contributed by atoms with Gasteiger partial charge in [-0.2, -0.15) is 0 Å². The second-order valence-corrected chi connectivity index (χ2v) is 6.61. The number of furan rings is 1. The van der Waals surface area contributed by atoms with Gasteiger partial charge in [-0.3, -0.25) is 14.5 Å². The molecule has 0 spiro atoms. The number of unbranched alkanes of at least 4 members (excludes halogenated alkanes) is 2. The van der Waals surface area contributed by atoms with Crippen molar-refractivity contribution in [2.45, 2.75) is 25.7 Å². The van der Waals surface area contributed by atoms with Crippen LogP contribution >= 0.6 is 24.0 Å². The van der Waals surface area contributed by atoms with Crippen molar-refractivity contribution in [1.29, 1.82) is 0 Å². The Morgan fingerprint density at radius 3 is 2.91 bits per heavy atom. The second kappa shape index (κ2) is 8.69. The summed E-state index contributed by atoms with van der Waals surface area (Å²) in [6.07, 6.45) is 9.14. The molecule has 0 aliphatic carbocycles. The van der Waals surface area contributed by atoms with Crippen molar-refractivity contribution in [2.24, 2.45) is 0 Å². The van der Waals surface area contributed by atoms with E-state index in [9.17, 15) is 9.59 Å². The molecule has 1 N–H and O–H groups in total. The molecule has 1 aliphatic heterocycles. The fraction of sp³-hybridized carbons (Fsp3) is 0.312. The number of amides is 1. The van der Waals surface area contributed by atoms with E-state index in [-0.39, 0.29) is 12.3 Å². The van der Waals surface area contributed by atoms with Crippen molar-refractivity contribution >= 4 is 46.3 Å². The number of thioether (sulfide) groups is 1. The molecule has 0 unspecified atom stereocenters. The molecule has 1 aliphatic rings. The zero-order valence-corrected chi connectivity index (χ0v) is 14.1. The van der Waals surface area contributed by atoms with E-state index in [4.69, 9.17) is 21.7 Å². The number of rotatable bonds is 8. The fourth-order valence-corrected chi connectivity index (χ4v) is 3.31. The van der Waals surface area contributed by atoms with E-state index >= 15 is 0 Å². The molecule has 2 rings (SSSR count). The van der Waals surface area contributed by atoms with E-state index < -0.39 is 5.97 Å². The molecule has 23 heavy (non-hydrogen) atoms. The summed E-state index contributed by atoms with van der Waals surface area (Å²) in [5.41, 5.74) is 0. The van der Waals surface area contributed by atoms with Gasteiger partial charge in [0.2, 0.25) is 0 Å². The molecular weight excluding hydrogens is 334 g/mol. The van der Waals surface area contributed by atoms with Crippen molar-refractivity contribution in [1.82, 2.24) is 4.90 Å². The highest BCUT2D eigenvalue weighted by Crippen LogP contribution is 2.31. The highest BCUT2D eigenvalue weighted by molar-refractivity contribution is 8.26. The molecule has 0 atom stereocenters. The average molecular weight is 351 g/mol. The van der Waals surface area contributed by atoms with Crippen LogP contribution in [0.2, 0.25) is 0 Å². The van der Waals surface area contributed by atoms with Crippen molar-refractivity contribution in [3.8, 4) is 0 Å². The van der Waals surface area contributed by atoms with Gasteiger partial charge < -0.3 is 9.52 Å². The summed E-state index contributed by atoms with van der Waals surface area (Å²) in [7, 11) is 0. The van der Waals surface area contributed by atoms with Gasteiger partial charge in [-0.15, -0.1) is 0 Å². The molecule has 7 heteroatoms. The highest BCUT2D eigenvalue weighted by atomic mass is 32.2. The quantitative estimate of drug-likeness (QED) is 0.438.